The standard InChI is InChI=1S/C22H19FN2O3/c23-19-12-14(13-24)4-6-18(19)20-7-5-16-2-1-3-17(21(16)28-20)15-8-10-25(11-9-15)22(26)27/h1-7,12,15,20H,8-11H2,(H,26,27). The summed E-state index contributed by atoms with van der Waals surface area (Å²) in [7, 11) is 0. The zero-order valence-electron chi connectivity index (χ0n) is 15.1. The number of hydrogen-bond donors (Lipinski definition) is 1. The Morgan fingerprint density at radius 1 is 1.21 bits per heavy atom. The second-order valence-corrected chi connectivity index (χ2v) is 7.06. The summed E-state index contributed by atoms with van der Waals surface area (Å²) in [4.78, 5) is 12.6. The van der Waals surface area contributed by atoms with Crippen LogP contribution in [0.15, 0.2) is 42.5 Å². The van der Waals surface area contributed by atoms with Gasteiger partial charge in [0.05, 0.1) is 11.6 Å². The molecular formula is C22H19FN2O3. The topological polar surface area (TPSA) is 73.6 Å². The van der Waals surface area contributed by atoms with Crippen LogP contribution in [0.5, 0.6) is 5.75 Å². The Morgan fingerprint density at radius 2 is 2.00 bits per heavy atom. The van der Waals surface area contributed by atoms with Crippen molar-refractivity contribution in [2.24, 2.45) is 0 Å². The zero-order valence-corrected chi connectivity index (χ0v) is 15.1. The predicted molar refractivity (Wildman–Crippen MR) is 102 cm³/mol. The largest absolute Gasteiger partial charge is 0.481 e. The van der Waals surface area contributed by atoms with E-state index in [0.717, 1.165) is 29.7 Å². The van der Waals surface area contributed by atoms with E-state index < -0.39 is 18.0 Å². The minimum Gasteiger partial charge on any atom is -0.481 e. The molecule has 1 atom stereocenters. The van der Waals surface area contributed by atoms with Crippen LogP contribution in [0.1, 0.15) is 47.1 Å². The molecule has 1 saturated heterocycles. The monoisotopic (exact) mass is 378 g/mol. The quantitative estimate of drug-likeness (QED) is 0.822. The number of ether oxygens (including phenoxy) is 1. The number of piperidine rings is 1. The van der Waals surface area contributed by atoms with E-state index in [2.05, 4.69) is 0 Å². The fourth-order valence-corrected chi connectivity index (χ4v) is 3.90. The van der Waals surface area contributed by atoms with Gasteiger partial charge in [0.2, 0.25) is 0 Å². The molecule has 2 aliphatic rings. The first-order chi connectivity index (χ1) is 13.6. The number of likely N-dealkylation sites (tertiary alicyclic amines) is 1. The normalized spacial score (nSPS) is 18.9. The molecule has 0 saturated carbocycles. The maximum atomic E-state index is 14.4. The second kappa shape index (κ2) is 7.35. The third-order valence-corrected chi connectivity index (χ3v) is 5.41. The van der Waals surface area contributed by atoms with Crippen molar-refractivity contribution >= 4 is 12.2 Å². The van der Waals surface area contributed by atoms with Gasteiger partial charge in [-0.2, -0.15) is 5.26 Å². The third kappa shape index (κ3) is 3.31. The minimum atomic E-state index is -0.885. The van der Waals surface area contributed by atoms with Gasteiger partial charge in [0, 0.05) is 24.2 Å². The zero-order chi connectivity index (χ0) is 19.7. The van der Waals surface area contributed by atoms with Gasteiger partial charge >= 0.3 is 6.09 Å². The summed E-state index contributed by atoms with van der Waals surface area (Å²) in [5.74, 6) is 0.459. The molecule has 142 valence electrons. The maximum absolute atomic E-state index is 14.4. The number of amides is 1. The molecule has 1 unspecified atom stereocenters. The van der Waals surface area contributed by atoms with Crippen molar-refractivity contribution in [3.63, 3.8) is 0 Å². The Morgan fingerprint density at radius 3 is 2.68 bits per heavy atom. The lowest BCUT2D eigenvalue weighted by Gasteiger charge is -2.32. The molecule has 0 bridgehead atoms. The van der Waals surface area contributed by atoms with Crippen LogP contribution in [0, 0.1) is 17.1 Å². The number of hydrogen-bond acceptors (Lipinski definition) is 3. The van der Waals surface area contributed by atoms with Crippen LogP contribution in [-0.2, 0) is 0 Å². The van der Waals surface area contributed by atoms with Crippen molar-refractivity contribution in [2.45, 2.75) is 24.9 Å². The number of benzene rings is 2. The van der Waals surface area contributed by atoms with Crippen LogP contribution in [0.25, 0.3) is 6.08 Å². The van der Waals surface area contributed by atoms with Gasteiger partial charge < -0.3 is 14.7 Å². The average Bonchev–Trinajstić information content (AvgIpc) is 2.73. The Bertz CT molecular complexity index is 988. The molecule has 5 nitrogen and oxygen atoms in total. The molecule has 1 N–H and O–H groups in total. The molecule has 2 aromatic rings. The SMILES string of the molecule is N#Cc1ccc(C2C=Cc3cccc(C4CCN(C(=O)O)CC4)c3O2)c(F)c1. The van der Waals surface area contributed by atoms with Crippen LogP contribution >= 0.6 is 0 Å². The molecule has 0 radical (unpaired) electrons. The van der Waals surface area contributed by atoms with E-state index in [1.807, 2.05) is 36.4 Å². The van der Waals surface area contributed by atoms with Crippen LogP contribution in [0.2, 0.25) is 0 Å². The first-order valence-corrected chi connectivity index (χ1v) is 9.22. The van der Waals surface area contributed by atoms with Crippen LogP contribution in [-0.4, -0.2) is 29.2 Å². The molecule has 0 spiro atoms. The van der Waals surface area contributed by atoms with Crippen molar-refractivity contribution in [3.8, 4) is 11.8 Å². The number of carboxylic acid groups (broad SMARTS) is 1. The van der Waals surface area contributed by atoms with Gasteiger partial charge in [0.25, 0.3) is 0 Å². The second-order valence-electron chi connectivity index (χ2n) is 7.06. The van der Waals surface area contributed by atoms with E-state index in [-0.39, 0.29) is 11.5 Å². The summed E-state index contributed by atoms with van der Waals surface area (Å²) in [5.41, 5.74) is 2.62. The summed E-state index contributed by atoms with van der Waals surface area (Å²) in [6, 6.07) is 12.2. The van der Waals surface area contributed by atoms with Crippen LogP contribution in [0.3, 0.4) is 0 Å². The fraction of sp³-hybridized carbons (Fsp3) is 0.273. The lowest BCUT2D eigenvalue weighted by molar-refractivity contribution is 0.131. The number of para-hydroxylation sites is 1. The minimum absolute atomic E-state index is 0.198. The summed E-state index contributed by atoms with van der Waals surface area (Å²) < 4.78 is 20.6. The molecule has 1 fully saturated rings. The number of rotatable bonds is 2. The Kier molecular flexibility index (Phi) is 4.74. The smallest absolute Gasteiger partial charge is 0.407 e. The van der Waals surface area contributed by atoms with Gasteiger partial charge in [-0.25, -0.2) is 9.18 Å². The molecule has 2 aliphatic heterocycles. The maximum Gasteiger partial charge on any atom is 0.407 e. The van der Waals surface area contributed by atoms with Crippen molar-refractivity contribution in [3.05, 3.63) is 70.5 Å². The summed E-state index contributed by atoms with van der Waals surface area (Å²) in [5, 5.41) is 18.1. The molecule has 2 aromatic carbocycles. The molecule has 0 aromatic heterocycles. The number of nitrogens with zero attached hydrogens (tertiary/aromatic N) is 2. The van der Waals surface area contributed by atoms with Gasteiger partial charge in [0.1, 0.15) is 17.7 Å². The fourth-order valence-electron chi connectivity index (χ4n) is 3.90. The van der Waals surface area contributed by atoms with Crippen molar-refractivity contribution in [1.82, 2.24) is 4.90 Å². The predicted octanol–water partition coefficient (Wildman–Crippen LogP) is 4.70. The van der Waals surface area contributed by atoms with E-state index >= 15 is 0 Å². The first-order valence-electron chi connectivity index (χ1n) is 9.22. The highest BCUT2D eigenvalue weighted by atomic mass is 19.1. The molecule has 4 rings (SSSR count). The van der Waals surface area contributed by atoms with Crippen LogP contribution in [0.4, 0.5) is 9.18 Å². The Balaban J connectivity index is 1.60. The van der Waals surface area contributed by atoms with Gasteiger partial charge in [-0.3, -0.25) is 0 Å². The highest BCUT2D eigenvalue weighted by molar-refractivity contribution is 5.66. The summed E-state index contributed by atoms with van der Waals surface area (Å²) >= 11 is 0. The van der Waals surface area contributed by atoms with Gasteiger partial charge in [-0.05, 0) is 42.5 Å². The lowest BCUT2D eigenvalue weighted by atomic mass is 9.87. The van der Waals surface area contributed by atoms with Crippen molar-refractivity contribution in [1.29, 1.82) is 5.26 Å². The van der Waals surface area contributed by atoms with Gasteiger partial charge in [0.15, 0.2) is 0 Å². The van der Waals surface area contributed by atoms with Gasteiger partial charge in [-0.15, -0.1) is 0 Å². The molecular weight excluding hydrogens is 359 g/mol. The molecule has 28 heavy (non-hydrogen) atoms. The first kappa shape index (κ1) is 18.1. The lowest BCUT2D eigenvalue weighted by Crippen LogP contribution is -2.36. The van der Waals surface area contributed by atoms with Crippen LogP contribution < -0.4 is 4.74 Å². The highest BCUT2D eigenvalue weighted by Gasteiger charge is 2.28. The Hall–Kier alpha value is -3.33. The van der Waals surface area contributed by atoms with E-state index in [4.69, 9.17) is 15.1 Å². The van der Waals surface area contributed by atoms with E-state index in [1.54, 1.807) is 12.1 Å². The van der Waals surface area contributed by atoms with Crippen molar-refractivity contribution < 1.29 is 19.0 Å². The Labute approximate surface area is 162 Å². The van der Waals surface area contributed by atoms with Crippen molar-refractivity contribution in [2.75, 3.05) is 13.1 Å². The van der Waals surface area contributed by atoms with E-state index in [1.165, 1.54) is 11.0 Å². The average molecular weight is 378 g/mol. The summed E-state index contributed by atoms with van der Waals surface area (Å²) in [6.45, 7) is 0.986. The van der Waals surface area contributed by atoms with Gasteiger partial charge in [-0.1, -0.05) is 30.3 Å². The molecule has 6 heteroatoms. The number of carbonyl (C=O) groups is 1. The number of halogens is 1. The number of nitriles is 1. The molecule has 0 aliphatic carbocycles. The van der Waals surface area contributed by atoms with E-state index in [9.17, 15) is 9.18 Å². The molecule has 2 heterocycles. The van der Waals surface area contributed by atoms with E-state index in [0.29, 0.717) is 18.7 Å². The third-order valence-electron chi connectivity index (χ3n) is 5.41. The summed E-state index contributed by atoms with van der Waals surface area (Å²) in [6.07, 6.45) is 3.74. The number of fused-ring (bicyclic) bond motifs is 1. The highest BCUT2D eigenvalue weighted by Crippen LogP contribution is 2.41. The molecule has 1 amide bonds.